The Hall–Kier alpha value is -1.51. The van der Waals surface area contributed by atoms with E-state index in [9.17, 15) is 19.0 Å². The van der Waals surface area contributed by atoms with Crippen LogP contribution in [0.1, 0.15) is 168 Å². The Labute approximate surface area is 287 Å². The predicted molar refractivity (Wildman–Crippen MR) is 192 cm³/mol. The minimum atomic E-state index is -4.37. The highest BCUT2D eigenvalue weighted by Gasteiger charge is 2.25. The molecule has 9 nitrogen and oxygen atoms in total. The first-order chi connectivity index (χ1) is 22.8. The highest BCUT2D eigenvalue weighted by molar-refractivity contribution is 7.47. The van der Waals surface area contributed by atoms with Crippen LogP contribution in [-0.4, -0.2) is 49.3 Å². The third-order valence-corrected chi connectivity index (χ3v) is 8.79. The van der Waals surface area contributed by atoms with Gasteiger partial charge in [-0.1, -0.05) is 122 Å². The molecule has 0 spiro atoms. The number of phosphoric ester groups is 1. The van der Waals surface area contributed by atoms with Crippen molar-refractivity contribution in [2.24, 2.45) is 5.73 Å². The molecule has 0 saturated carbocycles. The summed E-state index contributed by atoms with van der Waals surface area (Å²) >= 11 is 0. The van der Waals surface area contributed by atoms with Crippen molar-refractivity contribution < 1.29 is 37.6 Å². The fraction of sp³-hybridized carbons (Fsp3) is 0.838. The topological polar surface area (TPSA) is 134 Å². The number of ether oxygens (including phenoxy) is 2. The normalized spacial score (nSPS) is 13.7. The summed E-state index contributed by atoms with van der Waals surface area (Å²) in [5, 5.41) is 0. The van der Waals surface area contributed by atoms with Crippen LogP contribution in [-0.2, 0) is 32.7 Å². The van der Waals surface area contributed by atoms with E-state index in [1.165, 1.54) is 70.6 Å². The van der Waals surface area contributed by atoms with E-state index in [1.54, 1.807) is 0 Å². The number of carbonyl (C=O) groups excluding carboxylic acids is 2. The molecule has 2 atom stereocenters. The average molecular weight is 688 g/mol. The Morgan fingerprint density at radius 1 is 0.617 bits per heavy atom. The number of nitrogens with two attached hydrogens (primary N) is 1. The Balaban J connectivity index is 4.25. The summed E-state index contributed by atoms with van der Waals surface area (Å²) < 4.78 is 32.6. The van der Waals surface area contributed by atoms with Gasteiger partial charge in [-0.3, -0.25) is 18.6 Å². The third-order valence-electron chi connectivity index (χ3n) is 7.81. The van der Waals surface area contributed by atoms with E-state index < -0.39 is 32.5 Å². The molecule has 0 rings (SSSR count). The largest absolute Gasteiger partial charge is 0.472 e. The van der Waals surface area contributed by atoms with Crippen molar-refractivity contribution >= 4 is 19.8 Å². The standard InChI is InChI=1S/C37H70NO8P/c1-3-5-7-9-11-13-15-16-17-18-20-21-23-25-27-29-36(39)43-33-35(34-45-47(41,42)44-32-31-38)46-37(40)30-28-26-24-22-19-14-12-10-8-6-4-2/h10,12,20-21,35H,3-9,11,13-19,22-34,38H2,1-2H3,(H,41,42)/b12-10+,21-20+/t35-/m1/s1. The quantitative estimate of drug-likeness (QED) is 0.0289. The molecule has 0 aromatic rings. The molecule has 0 heterocycles. The number of hydrogen-bond acceptors (Lipinski definition) is 8. The fourth-order valence-electron chi connectivity index (χ4n) is 4.96. The van der Waals surface area contributed by atoms with Crippen molar-refractivity contribution in [1.82, 2.24) is 0 Å². The summed E-state index contributed by atoms with van der Waals surface area (Å²) in [6.07, 6.45) is 33.6. The van der Waals surface area contributed by atoms with Gasteiger partial charge in [-0.05, 0) is 57.8 Å². The van der Waals surface area contributed by atoms with Gasteiger partial charge >= 0.3 is 19.8 Å². The molecule has 1 unspecified atom stereocenters. The molecule has 0 bridgehead atoms. The minimum Gasteiger partial charge on any atom is -0.462 e. The van der Waals surface area contributed by atoms with Gasteiger partial charge in [-0.15, -0.1) is 0 Å². The lowest BCUT2D eigenvalue weighted by Crippen LogP contribution is -2.29. The zero-order valence-electron chi connectivity index (χ0n) is 30.0. The second kappa shape index (κ2) is 34.4. The van der Waals surface area contributed by atoms with Crippen LogP contribution in [0.4, 0.5) is 0 Å². The van der Waals surface area contributed by atoms with Crippen LogP contribution in [0.3, 0.4) is 0 Å². The van der Waals surface area contributed by atoms with Crippen LogP contribution in [0, 0.1) is 0 Å². The zero-order chi connectivity index (χ0) is 34.7. The second-order valence-corrected chi connectivity index (χ2v) is 13.9. The maximum atomic E-state index is 12.5. The van der Waals surface area contributed by atoms with E-state index in [4.69, 9.17) is 24.3 Å². The highest BCUT2D eigenvalue weighted by atomic mass is 31.2. The molecule has 276 valence electrons. The summed E-state index contributed by atoms with van der Waals surface area (Å²) in [4.78, 5) is 34.6. The highest BCUT2D eigenvalue weighted by Crippen LogP contribution is 2.43. The molecule has 0 aliphatic carbocycles. The van der Waals surface area contributed by atoms with Crippen molar-refractivity contribution in [2.75, 3.05) is 26.4 Å². The predicted octanol–water partition coefficient (Wildman–Crippen LogP) is 10.0. The van der Waals surface area contributed by atoms with Gasteiger partial charge in [0.15, 0.2) is 6.10 Å². The molecule has 0 aliphatic heterocycles. The van der Waals surface area contributed by atoms with Crippen molar-refractivity contribution in [3.8, 4) is 0 Å². The van der Waals surface area contributed by atoms with Crippen LogP contribution < -0.4 is 5.73 Å². The summed E-state index contributed by atoms with van der Waals surface area (Å²) in [5.41, 5.74) is 5.32. The zero-order valence-corrected chi connectivity index (χ0v) is 30.9. The second-order valence-electron chi connectivity index (χ2n) is 12.4. The maximum absolute atomic E-state index is 12.5. The molecular weight excluding hydrogens is 617 g/mol. The van der Waals surface area contributed by atoms with Gasteiger partial charge in [0.25, 0.3) is 0 Å². The SMILES string of the molecule is CCCC/C=C/CCCCCCCC(=O)O[C@H](COC(=O)CCCC/C=C/CCCCCCCCCCC)COP(=O)(O)OCCN. The number of hydrogen-bond donors (Lipinski definition) is 2. The molecule has 0 aliphatic rings. The first-order valence-corrected chi connectivity index (χ1v) is 20.3. The molecule has 47 heavy (non-hydrogen) atoms. The van der Waals surface area contributed by atoms with Crippen LogP contribution in [0.2, 0.25) is 0 Å². The van der Waals surface area contributed by atoms with Gasteiger partial charge in [0.1, 0.15) is 6.61 Å². The number of rotatable bonds is 35. The van der Waals surface area contributed by atoms with Crippen molar-refractivity contribution in [3.05, 3.63) is 24.3 Å². The number of allylic oxidation sites excluding steroid dienone is 4. The lowest BCUT2D eigenvalue weighted by molar-refractivity contribution is -0.161. The van der Waals surface area contributed by atoms with Gasteiger partial charge in [-0.2, -0.15) is 0 Å². The Kier molecular flexibility index (Phi) is 33.3. The number of unbranched alkanes of at least 4 members (excludes halogenated alkanes) is 18. The molecule has 0 radical (unpaired) electrons. The number of carbonyl (C=O) groups is 2. The maximum Gasteiger partial charge on any atom is 0.472 e. The Morgan fingerprint density at radius 3 is 1.62 bits per heavy atom. The van der Waals surface area contributed by atoms with Gasteiger partial charge in [-0.25, -0.2) is 4.57 Å². The minimum absolute atomic E-state index is 0.0503. The monoisotopic (exact) mass is 687 g/mol. The van der Waals surface area contributed by atoms with E-state index in [2.05, 4.69) is 38.2 Å². The first-order valence-electron chi connectivity index (χ1n) is 18.8. The smallest absolute Gasteiger partial charge is 0.462 e. The molecule has 0 amide bonds. The lowest BCUT2D eigenvalue weighted by Gasteiger charge is -2.19. The van der Waals surface area contributed by atoms with Crippen molar-refractivity contribution in [1.29, 1.82) is 0 Å². The summed E-state index contributed by atoms with van der Waals surface area (Å²) in [7, 11) is -4.37. The van der Waals surface area contributed by atoms with E-state index in [-0.39, 0.29) is 32.6 Å². The molecule has 0 saturated heterocycles. The van der Waals surface area contributed by atoms with Gasteiger partial charge in [0.05, 0.1) is 13.2 Å². The van der Waals surface area contributed by atoms with Crippen LogP contribution in [0.25, 0.3) is 0 Å². The summed E-state index contributed by atoms with van der Waals surface area (Å²) in [6.45, 7) is 3.64. The summed E-state index contributed by atoms with van der Waals surface area (Å²) in [5.74, 6) is -0.866. The average Bonchev–Trinajstić information content (AvgIpc) is 3.05. The van der Waals surface area contributed by atoms with Gasteiger partial charge in [0.2, 0.25) is 0 Å². The molecule has 0 aromatic carbocycles. The summed E-state index contributed by atoms with van der Waals surface area (Å²) in [6, 6.07) is 0. The van der Waals surface area contributed by atoms with Crippen molar-refractivity contribution in [2.45, 2.75) is 174 Å². The molecule has 0 aromatic heterocycles. The number of esters is 2. The van der Waals surface area contributed by atoms with Crippen molar-refractivity contribution in [3.63, 3.8) is 0 Å². The molecule has 3 N–H and O–H groups in total. The van der Waals surface area contributed by atoms with E-state index in [1.807, 2.05) is 0 Å². The van der Waals surface area contributed by atoms with E-state index >= 15 is 0 Å². The van der Waals surface area contributed by atoms with Gasteiger partial charge < -0.3 is 20.1 Å². The van der Waals surface area contributed by atoms with Crippen LogP contribution in [0.15, 0.2) is 24.3 Å². The lowest BCUT2D eigenvalue weighted by atomic mass is 10.1. The molecular formula is C37H70NO8P. The van der Waals surface area contributed by atoms with E-state index in [0.717, 1.165) is 57.8 Å². The molecule has 10 heteroatoms. The Morgan fingerprint density at radius 2 is 1.06 bits per heavy atom. The molecule has 0 fully saturated rings. The first kappa shape index (κ1) is 45.5. The Bertz CT molecular complexity index is 835. The van der Waals surface area contributed by atoms with Crippen LogP contribution in [0.5, 0.6) is 0 Å². The van der Waals surface area contributed by atoms with Gasteiger partial charge in [0, 0.05) is 19.4 Å². The van der Waals surface area contributed by atoms with E-state index in [0.29, 0.717) is 12.8 Å². The van der Waals surface area contributed by atoms with Crippen LogP contribution >= 0.6 is 7.82 Å². The fourth-order valence-corrected chi connectivity index (χ4v) is 5.73. The number of phosphoric acid groups is 1. The third kappa shape index (κ3) is 34.2.